The van der Waals surface area contributed by atoms with Crippen LogP contribution in [0.15, 0.2) is 54.6 Å². The van der Waals surface area contributed by atoms with E-state index < -0.39 is 17.6 Å². The zero-order valence-electron chi connectivity index (χ0n) is 24.6. The highest BCUT2D eigenvalue weighted by atomic mass is 16.2. The number of likely N-dealkylation sites (N-methyl/N-ethyl adjacent to an activating group) is 1. The number of nitrogens with one attached hydrogen (secondary N) is 3. The number of nitrogens with zero attached hydrogens (tertiary/aromatic N) is 2. The van der Waals surface area contributed by atoms with Crippen LogP contribution in [0.2, 0.25) is 0 Å². The van der Waals surface area contributed by atoms with Crippen molar-refractivity contribution in [3.63, 3.8) is 0 Å². The molecule has 0 radical (unpaired) electrons. The van der Waals surface area contributed by atoms with E-state index in [-0.39, 0.29) is 42.5 Å². The second-order valence-electron chi connectivity index (χ2n) is 11.6. The molecule has 4 amide bonds. The Balaban J connectivity index is 1.61. The molecule has 0 aromatic heterocycles. The molecule has 220 valence electrons. The van der Waals surface area contributed by atoms with Gasteiger partial charge in [0, 0.05) is 32.6 Å². The van der Waals surface area contributed by atoms with Gasteiger partial charge >= 0.3 is 0 Å². The zero-order chi connectivity index (χ0) is 29.6. The molecule has 4 rings (SSSR count). The molecule has 2 fully saturated rings. The maximum Gasteiger partial charge on any atom is 0.247 e. The minimum Gasteiger partial charge on any atom is -0.350 e. The summed E-state index contributed by atoms with van der Waals surface area (Å²) in [5.41, 5.74) is 1.98. The van der Waals surface area contributed by atoms with Gasteiger partial charge < -0.3 is 25.8 Å². The lowest BCUT2D eigenvalue weighted by atomic mass is 9.88. The highest BCUT2D eigenvalue weighted by molar-refractivity contribution is 5.96. The Kier molecular flexibility index (Phi) is 9.81. The minimum absolute atomic E-state index is 0.0756. The van der Waals surface area contributed by atoms with Gasteiger partial charge in [-0.3, -0.25) is 19.2 Å². The molecule has 3 atom stereocenters. The third kappa shape index (κ3) is 6.78. The zero-order valence-corrected chi connectivity index (χ0v) is 24.6. The highest BCUT2D eigenvalue weighted by Gasteiger charge is 2.52. The minimum atomic E-state index is -1.10. The highest BCUT2D eigenvalue weighted by Crippen LogP contribution is 2.36. The number of carbonyl (C=O) groups excluding carboxylic acids is 4. The van der Waals surface area contributed by atoms with Gasteiger partial charge in [0.25, 0.3) is 0 Å². The number of hydrogen-bond acceptors (Lipinski definition) is 5. The number of benzene rings is 2. The normalized spacial score (nSPS) is 21.6. The summed E-state index contributed by atoms with van der Waals surface area (Å²) < 4.78 is 0. The summed E-state index contributed by atoms with van der Waals surface area (Å²) in [4.78, 5) is 57.4. The van der Waals surface area contributed by atoms with Crippen molar-refractivity contribution in [2.75, 3.05) is 26.7 Å². The smallest absolute Gasteiger partial charge is 0.247 e. The molecule has 0 bridgehead atoms. The fourth-order valence-electron chi connectivity index (χ4n) is 5.95. The van der Waals surface area contributed by atoms with Gasteiger partial charge in [-0.15, -0.1) is 0 Å². The maximum atomic E-state index is 14.1. The molecule has 3 N–H and O–H groups in total. The molecule has 2 aliphatic heterocycles. The lowest BCUT2D eigenvalue weighted by molar-refractivity contribution is -0.152. The molecule has 2 aromatic carbocycles. The lowest BCUT2D eigenvalue weighted by Gasteiger charge is -2.43. The topological polar surface area (TPSA) is 111 Å². The third-order valence-corrected chi connectivity index (χ3v) is 8.26. The van der Waals surface area contributed by atoms with Crippen LogP contribution in [0.25, 0.3) is 11.1 Å². The maximum absolute atomic E-state index is 14.1. The van der Waals surface area contributed by atoms with Gasteiger partial charge in [0.05, 0.1) is 6.04 Å². The molecule has 0 unspecified atom stereocenters. The van der Waals surface area contributed by atoms with E-state index in [9.17, 15) is 19.2 Å². The fourth-order valence-corrected chi connectivity index (χ4v) is 5.95. The third-order valence-electron chi connectivity index (χ3n) is 8.26. The van der Waals surface area contributed by atoms with Crippen LogP contribution in [-0.4, -0.2) is 77.7 Å². The van der Waals surface area contributed by atoms with Crippen molar-refractivity contribution in [1.29, 1.82) is 0 Å². The van der Waals surface area contributed by atoms with Crippen molar-refractivity contribution in [3.8, 4) is 11.1 Å². The summed E-state index contributed by atoms with van der Waals surface area (Å²) in [6.45, 7) is 6.77. The fraction of sp³-hybridized carbons (Fsp3) is 0.500. The number of hydrogen-bond donors (Lipinski definition) is 3. The SMILES string of the molecule is CN[C@@H](C)C(=O)N1CC[C@@]2(C(=O)NCc3ccccc3-c3ccccc3)CCCN2C(=O)[C@H](NC(=O)CC(C)C)C1. The molecular weight excluding hydrogens is 518 g/mol. The van der Waals surface area contributed by atoms with E-state index in [0.717, 1.165) is 16.7 Å². The van der Waals surface area contributed by atoms with Gasteiger partial charge in [0.15, 0.2) is 0 Å². The summed E-state index contributed by atoms with van der Waals surface area (Å²) in [6.07, 6.45) is 1.78. The first-order chi connectivity index (χ1) is 19.7. The van der Waals surface area contributed by atoms with Gasteiger partial charge in [-0.2, -0.15) is 0 Å². The predicted octanol–water partition coefficient (Wildman–Crippen LogP) is 2.70. The molecule has 2 aromatic rings. The van der Waals surface area contributed by atoms with Gasteiger partial charge in [0.2, 0.25) is 23.6 Å². The van der Waals surface area contributed by atoms with Gasteiger partial charge in [-0.05, 0) is 55.8 Å². The Morgan fingerprint density at radius 3 is 2.39 bits per heavy atom. The molecule has 2 heterocycles. The molecule has 0 saturated carbocycles. The van der Waals surface area contributed by atoms with E-state index in [1.54, 1.807) is 23.8 Å². The van der Waals surface area contributed by atoms with Gasteiger partial charge in [-0.25, -0.2) is 0 Å². The molecule has 9 heteroatoms. The van der Waals surface area contributed by atoms with E-state index >= 15 is 0 Å². The number of rotatable bonds is 9. The average Bonchev–Trinajstić information content (AvgIpc) is 3.40. The van der Waals surface area contributed by atoms with Crippen molar-refractivity contribution in [1.82, 2.24) is 25.8 Å². The Labute approximate surface area is 243 Å². The standard InChI is InChI=1S/C32H43N5O4/c1-22(2)19-28(38)35-27-21-36(29(39)23(3)33-4)18-16-32(15-10-17-37(32)30(27)40)31(41)34-20-25-13-8-9-14-26(25)24-11-6-5-7-12-24/h5-9,11-14,22-23,27,33H,10,15-21H2,1-4H3,(H,34,41)(H,35,38)/t23-,27+,32+/m0/s1. The monoisotopic (exact) mass is 561 g/mol. The van der Waals surface area contributed by atoms with Crippen molar-refractivity contribution in [2.45, 2.75) is 70.6 Å². The summed E-state index contributed by atoms with van der Waals surface area (Å²) >= 11 is 0. The van der Waals surface area contributed by atoms with Crippen LogP contribution in [0.4, 0.5) is 0 Å². The van der Waals surface area contributed by atoms with Crippen molar-refractivity contribution in [3.05, 3.63) is 60.2 Å². The van der Waals surface area contributed by atoms with Gasteiger partial charge in [-0.1, -0.05) is 68.4 Å². The van der Waals surface area contributed by atoms with Crippen LogP contribution in [0.5, 0.6) is 0 Å². The first-order valence-corrected chi connectivity index (χ1v) is 14.6. The number of carbonyl (C=O) groups is 4. The van der Waals surface area contributed by atoms with Crippen LogP contribution >= 0.6 is 0 Å². The summed E-state index contributed by atoms with van der Waals surface area (Å²) in [7, 11) is 1.71. The van der Waals surface area contributed by atoms with E-state index in [1.807, 2.05) is 68.4 Å². The van der Waals surface area contributed by atoms with Crippen LogP contribution < -0.4 is 16.0 Å². The lowest BCUT2D eigenvalue weighted by Crippen LogP contribution is -2.66. The molecule has 2 saturated heterocycles. The second-order valence-corrected chi connectivity index (χ2v) is 11.6. The van der Waals surface area contributed by atoms with E-state index in [2.05, 4.69) is 16.0 Å². The Bertz CT molecular complexity index is 1250. The summed E-state index contributed by atoms with van der Waals surface area (Å²) in [5.74, 6) is -0.818. The van der Waals surface area contributed by atoms with Crippen LogP contribution in [0.1, 0.15) is 52.0 Å². The first-order valence-electron chi connectivity index (χ1n) is 14.6. The summed E-state index contributed by atoms with van der Waals surface area (Å²) in [6, 6.07) is 16.6. The average molecular weight is 562 g/mol. The van der Waals surface area contributed by atoms with E-state index in [4.69, 9.17) is 0 Å². The Morgan fingerprint density at radius 2 is 1.68 bits per heavy atom. The van der Waals surface area contributed by atoms with Crippen molar-refractivity contribution >= 4 is 23.6 Å². The van der Waals surface area contributed by atoms with E-state index in [0.29, 0.717) is 38.9 Å². The van der Waals surface area contributed by atoms with Crippen molar-refractivity contribution < 1.29 is 19.2 Å². The number of fused-ring (bicyclic) bond motifs is 1. The first kappa shape index (κ1) is 30.2. The predicted molar refractivity (Wildman–Crippen MR) is 159 cm³/mol. The molecule has 9 nitrogen and oxygen atoms in total. The summed E-state index contributed by atoms with van der Waals surface area (Å²) in [5, 5.41) is 8.99. The molecule has 0 spiro atoms. The molecule has 2 aliphatic rings. The van der Waals surface area contributed by atoms with Crippen LogP contribution in [0, 0.1) is 5.92 Å². The Hall–Kier alpha value is -3.72. The molecular formula is C32H43N5O4. The number of amides is 4. The largest absolute Gasteiger partial charge is 0.350 e. The Morgan fingerprint density at radius 1 is 0.976 bits per heavy atom. The molecule has 41 heavy (non-hydrogen) atoms. The van der Waals surface area contributed by atoms with E-state index in [1.165, 1.54) is 0 Å². The van der Waals surface area contributed by atoms with Crippen molar-refractivity contribution in [2.24, 2.45) is 5.92 Å². The quantitative estimate of drug-likeness (QED) is 0.436. The second kappa shape index (κ2) is 13.3. The van der Waals surface area contributed by atoms with Crippen LogP contribution in [0.3, 0.4) is 0 Å². The van der Waals surface area contributed by atoms with Crippen LogP contribution in [-0.2, 0) is 25.7 Å². The van der Waals surface area contributed by atoms with Gasteiger partial charge in [0.1, 0.15) is 11.6 Å². The molecule has 0 aliphatic carbocycles.